The van der Waals surface area contributed by atoms with Crippen molar-refractivity contribution < 1.29 is 8.83 Å². The fraction of sp³-hybridized carbons (Fsp3) is 0. The molecule has 13 rings (SSSR count). The van der Waals surface area contributed by atoms with Gasteiger partial charge in [-0.05, 0) is 86.6 Å². The number of rotatable bonds is 3. The minimum atomic E-state index is 0.875. The summed E-state index contributed by atoms with van der Waals surface area (Å²) in [6, 6.07) is 67.7. The Morgan fingerprint density at radius 1 is 0.333 bits per heavy atom. The van der Waals surface area contributed by atoms with Crippen molar-refractivity contribution in [2.75, 3.05) is 0 Å². The molecule has 57 heavy (non-hydrogen) atoms. The maximum absolute atomic E-state index is 6.97. The molecule has 3 heteroatoms. The molecular weight excluding hydrogens is 695 g/mol. The van der Waals surface area contributed by atoms with Gasteiger partial charge in [0.1, 0.15) is 22.3 Å². The van der Waals surface area contributed by atoms with Crippen molar-refractivity contribution in [3.8, 4) is 27.9 Å². The van der Waals surface area contributed by atoms with E-state index in [0.29, 0.717) is 0 Å². The minimum Gasteiger partial charge on any atom is -0.456 e. The monoisotopic (exact) mass is 725 g/mol. The first kappa shape index (κ1) is 30.7. The Hall–Kier alpha value is -7.62. The van der Waals surface area contributed by atoms with E-state index >= 15 is 0 Å². The normalized spacial score (nSPS) is 12.2. The highest BCUT2D eigenvalue weighted by Crippen LogP contribution is 2.50. The molecule has 0 atom stereocenters. The van der Waals surface area contributed by atoms with Gasteiger partial charge in [0.25, 0.3) is 0 Å². The van der Waals surface area contributed by atoms with Crippen LogP contribution >= 0.6 is 0 Å². The van der Waals surface area contributed by atoms with Crippen LogP contribution in [0.3, 0.4) is 0 Å². The second kappa shape index (κ2) is 11.5. The highest BCUT2D eigenvalue weighted by atomic mass is 16.3. The van der Waals surface area contributed by atoms with Crippen molar-refractivity contribution in [3.63, 3.8) is 0 Å². The highest BCUT2D eigenvalue weighted by molar-refractivity contribution is 6.34. The molecule has 3 aromatic heterocycles. The van der Waals surface area contributed by atoms with Gasteiger partial charge in [-0.25, -0.2) is 0 Å². The molecule has 0 aliphatic carbocycles. The zero-order valence-electron chi connectivity index (χ0n) is 30.7. The second-order valence-electron chi connectivity index (χ2n) is 15.1. The summed E-state index contributed by atoms with van der Waals surface area (Å²) < 4.78 is 15.8. The van der Waals surface area contributed by atoms with Crippen LogP contribution in [0.15, 0.2) is 197 Å². The summed E-state index contributed by atoms with van der Waals surface area (Å²) in [5.41, 5.74) is 11.8. The van der Waals surface area contributed by atoms with E-state index in [4.69, 9.17) is 8.83 Å². The molecule has 0 bridgehead atoms. The molecule has 0 unspecified atom stereocenters. The van der Waals surface area contributed by atoms with Gasteiger partial charge in [-0.3, -0.25) is 0 Å². The third-order valence-corrected chi connectivity index (χ3v) is 12.2. The molecular formula is C54H31NO2. The lowest BCUT2D eigenvalue weighted by Crippen LogP contribution is -1.94. The number of fused-ring (bicyclic) bond motifs is 14. The Labute approximate surface area is 326 Å². The van der Waals surface area contributed by atoms with E-state index in [1.807, 2.05) is 6.07 Å². The standard InChI is InChI=1S/C54H31NO2/c1-3-17-39-37(15-1)49(32-25-28-34(29-26-32)55-44-21-9-5-13-35(44)36-14-6-10-22-45(36)55)38-16-2-4-18-40(38)51(39)43-31-33-27-30-48-52(41-19-7-11-23-46(41)56-48)50(33)53-42-20-8-12-24-47(42)57-54(43)53/h1-31H. The molecule has 3 heterocycles. The van der Waals surface area contributed by atoms with Crippen LogP contribution in [0.25, 0.3) is 126 Å². The van der Waals surface area contributed by atoms with Gasteiger partial charge in [0.05, 0.1) is 11.0 Å². The summed E-state index contributed by atoms with van der Waals surface area (Å²) in [4.78, 5) is 0. The van der Waals surface area contributed by atoms with Crippen molar-refractivity contribution in [2.24, 2.45) is 0 Å². The van der Waals surface area contributed by atoms with Gasteiger partial charge in [0.2, 0.25) is 0 Å². The minimum absolute atomic E-state index is 0.875. The topological polar surface area (TPSA) is 31.2 Å². The van der Waals surface area contributed by atoms with Crippen LogP contribution in [0, 0.1) is 0 Å². The Morgan fingerprint density at radius 2 is 0.825 bits per heavy atom. The molecule has 0 saturated carbocycles. The van der Waals surface area contributed by atoms with E-state index in [0.717, 1.165) is 65.9 Å². The van der Waals surface area contributed by atoms with E-state index in [9.17, 15) is 0 Å². The predicted octanol–water partition coefficient (Wildman–Crippen LogP) is 15.4. The lowest BCUT2D eigenvalue weighted by Gasteiger charge is -2.19. The number of hydrogen-bond acceptors (Lipinski definition) is 2. The average molecular weight is 726 g/mol. The van der Waals surface area contributed by atoms with Crippen LogP contribution in [0.1, 0.15) is 0 Å². The van der Waals surface area contributed by atoms with Gasteiger partial charge < -0.3 is 13.4 Å². The van der Waals surface area contributed by atoms with Crippen molar-refractivity contribution >= 4 is 98.0 Å². The molecule has 0 fully saturated rings. The first-order chi connectivity index (χ1) is 28.3. The fourth-order valence-corrected chi connectivity index (χ4v) is 9.82. The van der Waals surface area contributed by atoms with Crippen LogP contribution in [-0.4, -0.2) is 4.57 Å². The second-order valence-corrected chi connectivity index (χ2v) is 15.1. The van der Waals surface area contributed by atoms with Gasteiger partial charge in [0.15, 0.2) is 0 Å². The van der Waals surface area contributed by atoms with Crippen LogP contribution in [0.5, 0.6) is 0 Å². The molecule has 0 aliphatic heterocycles. The summed E-state index contributed by atoms with van der Waals surface area (Å²) in [5.74, 6) is 0. The van der Waals surface area contributed by atoms with Gasteiger partial charge >= 0.3 is 0 Å². The highest BCUT2D eigenvalue weighted by Gasteiger charge is 2.24. The molecule has 10 aromatic carbocycles. The number of hydrogen-bond donors (Lipinski definition) is 0. The van der Waals surface area contributed by atoms with Crippen molar-refractivity contribution in [1.29, 1.82) is 0 Å². The number of furan rings is 2. The Kier molecular flexibility index (Phi) is 6.16. The van der Waals surface area contributed by atoms with E-state index in [1.165, 1.54) is 60.0 Å². The SMILES string of the molecule is c1ccc2c(c1)oc1ccc3cc(-c4c5ccccc5c(-c5ccc(-n6c7ccccc7c7ccccc76)cc5)c5ccccc45)c4oc5ccccc5c4c3c12. The van der Waals surface area contributed by atoms with Crippen LogP contribution in [0.4, 0.5) is 0 Å². The molecule has 264 valence electrons. The van der Waals surface area contributed by atoms with Crippen LogP contribution in [0.2, 0.25) is 0 Å². The summed E-state index contributed by atoms with van der Waals surface area (Å²) in [7, 11) is 0. The van der Waals surface area contributed by atoms with E-state index in [2.05, 4.69) is 187 Å². The maximum Gasteiger partial charge on any atom is 0.143 e. The maximum atomic E-state index is 6.97. The summed E-state index contributed by atoms with van der Waals surface area (Å²) in [5, 5.41) is 14.1. The number of nitrogens with zero attached hydrogens (tertiary/aromatic N) is 1. The van der Waals surface area contributed by atoms with Gasteiger partial charge in [-0.1, -0.05) is 140 Å². The molecule has 0 saturated heterocycles. The first-order valence-electron chi connectivity index (χ1n) is 19.5. The molecule has 0 radical (unpaired) electrons. The molecule has 13 aromatic rings. The Bertz CT molecular complexity index is 3690. The third kappa shape index (κ3) is 4.20. The molecule has 3 nitrogen and oxygen atoms in total. The lowest BCUT2D eigenvalue weighted by molar-refractivity contribution is 0.669. The molecule has 0 spiro atoms. The van der Waals surface area contributed by atoms with Crippen molar-refractivity contribution in [3.05, 3.63) is 188 Å². The summed E-state index contributed by atoms with van der Waals surface area (Å²) in [6.45, 7) is 0. The molecule has 0 N–H and O–H groups in total. The molecule has 0 amide bonds. The Morgan fingerprint density at radius 3 is 1.44 bits per heavy atom. The largest absolute Gasteiger partial charge is 0.456 e. The van der Waals surface area contributed by atoms with E-state index < -0.39 is 0 Å². The number of aromatic nitrogens is 1. The molecule has 0 aliphatic rings. The smallest absolute Gasteiger partial charge is 0.143 e. The van der Waals surface area contributed by atoms with Gasteiger partial charge in [-0.15, -0.1) is 0 Å². The number of benzene rings is 10. The first-order valence-corrected chi connectivity index (χ1v) is 19.5. The quantitative estimate of drug-likeness (QED) is 0.170. The zero-order chi connectivity index (χ0) is 37.2. The number of para-hydroxylation sites is 4. The third-order valence-electron chi connectivity index (χ3n) is 12.2. The van der Waals surface area contributed by atoms with Gasteiger partial charge in [0, 0.05) is 54.5 Å². The van der Waals surface area contributed by atoms with Crippen LogP contribution in [-0.2, 0) is 0 Å². The van der Waals surface area contributed by atoms with Crippen molar-refractivity contribution in [2.45, 2.75) is 0 Å². The van der Waals surface area contributed by atoms with E-state index in [-0.39, 0.29) is 0 Å². The average Bonchev–Trinajstić information content (AvgIpc) is 3.96. The van der Waals surface area contributed by atoms with Crippen LogP contribution < -0.4 is 0 Å². The summed E-state index contributed by atoms with van der Waals surface area (Å²) >= 11 is 0. The van der Waals surface area contributed by atoms with Gasteiger partial charge in [-0.2, -0.15) is 0 Å². The Balaban J connectivity index is 1.10. The zero-order valence-corrected chi connectivity index (χ0v) is 30.7. The summed E-state index contributed by atoms with van der Waals surface area (Å²) in [6.07, 6.45) is 0. The van der Waals surface area contributed by atoms with Crippen molar-refractivity contribution in [1.82, 2.24) is 4.57 Å². The fourth-order valence-electron chi connectivity index (χ4n) is 9.82. The lowest BCUT2D eigenvalue weighted by atomic mass is 9.84. The van der Waals surface area contributed by atoms with E-state index in [1.54, 1.807) is 0 Å². The predicted molar refractivity (Wildman–Crippen MR) is 239 cm³/mol.